The van der Waals surface area contributed by atoms with Gasteiger partial charge in [-0.3, -0.25) is 0 Å². The van der Waals surface area contributed by atoms with Gasteiger partial charge < -0.3 is 10.6 Å². The minimum absolute atomic E-state index is 0.441. The van der Waals surface area contributed by atoms with Gasteiger partial charge in [0.1, 0.15) is 0 Å². The van der Waals surface area contributed by atoms with Crippen molar-refractivity contribution in [3.05, 3.63) is 0 Å². The number of fused-ring (bicyclic) bond motifs is 1. The van der Waals surface area contributed by atoms with Crippen molar-refractivity contribution >= 4 is 17.3 Å². The van der Waals surface area contributed by atoms with Crippen LogP contribution in [0.1, 0.15) is 39.5 Å². The van der Waals surface area contributed by atoms with E-state index in [1.54, 1.807) is 0 Å². The fourth-order valence-corrected chi connectivity index (χ4v) is 3.03. The van der Waals surface area contributed by atoms with E-state index in [1.165, 1.54) is 25.7 Å². The fraction of sp³-hybridized carbons (Fsp3) is 0.909. The molecule has 2 nitrogen and oxygen atoms in total. The van der Waals surface area contributed by atoms with E-state index in [-0.39, 0.29) is 0 Å². The Balaban J connectivity index is 1.74. The highest BCUT2D eigenvalue weighted by molar-refractivity contribution is 7.80. The van der Waals surface area contributed by atoms with Crippen molar-refractivity contribution in [3.8, 4) is 0 Å². The molecule has 2 fully saturated rings. The second-order valence-electron chi connectivity index (χ2n) is 4.91. The number of thiocarbonyl (C=S) groups is 1. The van der Waals surface area contributed by atoms with Crippen LogP contribution in [0, 0.1) is 11.8 Å². The van der Waals surface area contributed by atoms with E-state index >= 15 is 0 Å². The van der Waals surface area contributed by atoms with Crippen molar-refractivity contribution in [1.82, 2.24) is 10.6 Å². The Labute approximate surface area is 91.8 Å². The van der Waals surface area contributed by atoms with Gasteiger partial charge in [0.2, 0.25) is 0 Å². The summed E-state index contributed by atoms with van der Waals surface area (Å²) in [4.78, 5) is 0. The third-order valence-corrected chi connectivity index (χ3v) is 3.61. The zero-order valence-corrected chi connectivity index (χ0v) is 9.86. The molecule has 2 saturated carbocycles. The van der Waals surface area contributed by atoms with Crippen LogP contribution < -0.4 is 10.6 Å². The van der Waals surface area contributed by atoms with Crippen LogP contribution in [0.5, 0.6) is 0 Å². The van der Waals surface area contributed by atoms with Crippen molar-refractivity contribution in [2.24, 2.45) is 11.8 Å². The maximum Gasteiger partial charge on any atom is 0.166 e. The van der Waals surface area contributed by atoms with E-state index in [0.717, 1.165) is 16.9 Å². The molecule has 0 aromatic rings. The van der Waals surface area contributed by atoms with E-state index in [1.807, 2.05) is 0 Å². The Bertz CT molecular complexity index is 215. The lowest BCUT2D eigenvalue weighted by Gasteiger charge is -2.12. The summed E-state index contributed by atoms with van der Waals surface area (Å²) in [6, 6.07) is 1.13. The lowest BCUT2D eigenvalue weighted by Crippen LogP contribution is -2.41. The Hall–Kier alpha value is -0.310. The molecule has 3 heteroatoms. The van der Waals surface area contributed by atoms with Gasteiger partial charge in [-0.2, -0.15) is 0 Å². The number of hydrogen-bond donors (Lipinski definition) is 2. The quantitative estimate of drug-likeness (QED) is 0.685. The SMILES string of the molecule is CC(C)NC(=S)NC1C2CCCCC21. The first-order valence-corrected chi connectivity index (χ1v) is 6.16. The van der Waals surface area contributed by atoms with Crippen LogP contribution in [0.25, 0.3) is 0 Å². The summed E-state index contributed by atoms with van der Waals surface area (Å²) in [5.41, 5.74) is 0. The molecule has 2 aliphatic carbocycles. The molecule has 0 aromatic heterocycles. The third-order valence-electron chi connectivity index (χ3n) is 3.37. The highest BCUT2D eigenvalue weighted by atomic mass is 32.1. The lowest BCUT2D eigenvalue weighted by molar-refractivity contribution is 0.480. The first-order chi connectivity index (χ1) is 6.68. The van der Waals surface area contributed by atoms with E-state index in [9.17, 15) is 0 Å². The predicted octanol–water partition coefficient (Wildman–Crippen LogP) is 2.05. The van der Waals surface area contributed by atoms with E-state index in [2.05, 4.69) is 24.5 Å². The second kappa shape index (κ2) is 4.05. The van der Waals surface area contributed by atoms with Crippen LogP contribution in [0.15, 0.2) is 0 Å². The molecule has 14 heavy (non-hydrogen) atoms. The molecule has 0 spiro atoms. The largest absolute Gasteiger partial charge is 0.361 e. The molecule has 0 heterocycles. The van der Waals surface area contributed by atoms with Crippen LogP contribution >= 0.6 is 12.2 Å². The minimum atomic E-state index is 0.441. The molecule has 80 valence electrons. The molecule has 0 amide bonds. The van der Waals surface area contributed by atoms with Crippen molar-refractivity contribution < 1.29 is 0 Å². The highest BCUT2D eigenvalue weighted by Gasteiger charge is 2.50. The maximum absolute atomic E-state index is 5.25. The minimum Gasteiger partial charge on any atom is -0.361 e. The van der Waals surface area contributed by atoms with Crippen LogP contribution in [0.4, 0.5) is 0 Å². The summed E-state index contributed by atoms with van der Waals surface area (Å²) in [7, 11) is 0. The van der Waals surface area contributed by atoms with Gasteiger partial charge in [0.05, 0.1) is 0 Å². The predicted molar refractivity (Wildman–Crippen MR) is 63.2 cm³/mol. The van der Waals surface area contributed by atoms with Crippen LogP contribution in [-0.2, 0) is 0 Å². The first-order valence-electron chi connectivity index (χ1n) is 5.75. The third kappa shape index (κ3) is 2.19. The standard InChI is InChI=1S/C11H20N2S/c1-7(2)12-11(14)13-10-8-5-3-4-6-9(8)10/h7-10H,3-6H2,1-2H3,(H2,12,13,14). The zero-order valence-electron chi connectivity index (χ0n) is 9.05. The van der Waals surface area contributed by atoms with Crippen molar-refractivity contribution in [2.45, 2.75) is 51.6 Å². The molecule has 0 aliphatic heterocycles. The monoisotopic (exact) mass is 212 g/mol. The Morgan fingerprint density at radius 1 is 1.21 bits per heavy atom. The lowest BCUT2D eigenvalue weighted by atomic mass is 10.0. The van der Waals surface area contributed by atoms with E-state index in [4.69, 9.17) is 12.2 Å². The summed E-state index contributed by atoms with van der Waals surface area (Å²) >= 11 is 5.25. The normalized spacial score (nSPS) is 34.9. The second-order valence-corrected chi connectivity index (χ2v) is 5.32. The van der Waals surface area contributed by atoms with E-state index in [0.29, 0.717) is 12.1 Å². The van der Waals surface area contributed by atoms with Gasteiger partial charge in [0, 0.05) is 12.1 Å². The average Bonchev–Trinajstić information content (AvgIpc) is 2.78. The Kier molecular flexibility index (Phi) is 2.96. The number of hydrogen-bond acceptors (Lipinski definition) is 1. The molecule has 0 aromatic carbocycles. The molecule has 2 unspecified atom stereocenters. The molecule has 0 radical (unpaired) electrons. The van der Waals surface area contributed by atoms with Gasteiger partial charge in [-0.25, -0.2) is 0 Å². The van der Waals surface area contributed by atoms with Gasteiger partial charge >= 0.3 is 0 Å². The van der Waals surface area contributed by atoms with Crippen molar-refractivity contribution in [1.29, 1.82) is 0 Å². The van der Waals surface area contributed by atoms with Gasteiger partial charge in [-0.15, -0.1) is 0 Å². The van der Waals surface area contributed by atoms with Crippen LogP contribution in [-0.4, -0.2) is 17.2 Å². The van der Waals surface area contributed by atoms with Gasteiger partial charge in [-0.1, -0.05) is 12.8 Å². The smallest absolute Gasteiger partial charge is 0.166 e. The fourth-order valence-electron chi connectivity index (χ4n) is 2.66. The molecular formula is C11H20N2S. The summed E-state index contributed by atoms with van der Waals surface area (Å²) in [5.74, 6) is 1.85. The molecule has 2 aliphatic rings. The molecule has 2 atom stereocenters. The van der Waals surface area contributed by atoms with Gasteiger partial charge in [-0.05, 0) is 50.7 Å². The first kappa shape index (κ1) is 10.2. The Morgan fingerprint density at radius 2 is 1.79 bits per heavy atom. The summed E-state index contributed by atoms with van der Waals surface area (Å²) < 4.78 is 0. The summed E-state index contributed by atoms with van der Waals surface area (Å²) in [6.45, 7) is 4.24. The highest BCUT2D eigenvalue weighted by Crippen LogP contribution is 2.49. The molecular weight excluding hydrogens is 192 g/mol. The average molecular weight is 212 g/mol. The zero-order chi connectivity index (χ0) is 10.1. The molecule has 0 saturated heterocycles. The summed E-state index contributed by atoms with van der Waals surface area (Å²) in [6.07, 6.45) is 5.66. The van der Waals surface area contributed by atoms with Crippen LogP contribution in [0.3, 0.4) is 0 Å². The Morgan fingerprint density at radius 3 is 2.29 bits per heavy atom. The number of nitrogens with one attached hydrogen (secondary N) is 2. The maximum atomic E-state index is 5.25. The van der Waals surface area contributed by atoms with E-state index < -0.39 is 0 Å². The number of rotatable bonds is 2. The van der Waals surface area contributed by atoms with Gasteiger partial charge in [0.15, 0.2) is 5.11 Å². The molecule has 2 rings (SSSR count). The van der Waals surface area contributed by atoms with Crippen molar-refractivity contribution in [3.63, 3.8) is 0 Å². The topological polar surface area (TPSA) is 24.1 Å². The molecule has 0 bridgehead atoms. The van der Waals surface area contributed by atoms with Gasteiger partial charge in [0.25, 0.3) is 0 Å². The summed E-state index contributed by atoms with van der Waals surface area (Å²) in [5, 5.41) is 7.54. The van der Waals surface area contributed by atoms with Crippen molar-refractivity contribution in [2.75, 3.05) is 0 Å². The van der Waals surface area contributed by atoms with Crippen LogP contribution in [0.2, 0.25) is 0 Å². The molecule has 2 N–H and O–H groups in total.